The predicted octanol–water partition coefficient (Wildman–Crippen LogP) is 10.00. The Kier molecular flexibility index (Phi) is 16.0. The van der Waals surface area contributed by atoms with Crippen LogP contribution in [0.1, 0.15) is 44.4 Å². The highest BCUT2D eigenvalue weighted by Gasteiger charge is 2.15. The second-order valence-corrected chi connectivity index (χ2v) is 15.0. The fourth-order valence-electron chi connectivity index (χ4n) is 6.69. The molecular weight excluding hydrogens is 839 g/mol. The van der Waals surface area contributed by atoms with Gasteiger partial charge in [-0.3, -0.25) is 9.69 Å². The number of hydrogen-bond acceptors (Lipinski definition) is 13. The minimum Gasteiger partial charge on any atom is -0.480 e. The fourth-order valence-corrected chi connectivity index (χ4v) is 6.69. The Hall–Kier alpha value is -8.10. The normalized spacial score (nSPS) is 10.8. The number of nitrogens with zero attached hydrogens (tertiary/aromatic N) is 5. The third kappa shape index (κ3) is 13.5. The highest BCUT2D eigenvalue weighted by Crippen LogP contribution is 2.25. The van der Waals surface area contributed by atoms with Crippen molar-refractivity contribution in [3.05, 3.63) is 192 Å². The van der Waals surface area contributed by atoms with E-state index in [0.29, 0.717) is 68.2 Å². The Balaban J connectivity index is 0.000000221. The van der Waals surface area contributed by atoms with Crippen LogP contribution in [0.5, 0.6) is 23.3 Å². The van der Waals surface area contributed by atoms with E-state index in [4.69, 9.17) is 23.0 Å². The Morgan fingerprint density at radius 3 is 1.56 bits per heavy atom. The van der Waals surface area contributed by atoms with Crippen LogP contribution in [0.4, 0.5) is 0 Å². The molecule has 0 radical (unpaired) electrons. The number of ether oxygens (including phenoxy) is 4. The second-order valence-electron chi connectivity index (χ2n) is 15.0. The van der Waals surface area contributed by atoms with E-state index in [0.717, 1.165) is 56.7 Å². The Bertz CT molecular complexity index is 2740. The molecule has 0 fully saturated rings. The van der Waals surface area contributed by atoms with E-state index < -0.39 is 11.9 Å². The van der Waals surface area contributed by atoms with Gasteiger partial charge in [0.1, 0.15) is 23.0 Å². The van der Waals surface area contributed by atoms with E-state index in [1.807, 2.05) is 140 Å². The molecule has 14 heteroatoms. The average Bonchev–Trinajstić information content (AvgIpc) is 3.91. The van der Waals surface area contributed by atoms with Crippen molar-refractivity contribution in [3.63, 3.8) is 0 Å². The van der Waals surface area contributed by atoms with Crippen LogP contribution < -0.4 is 14.2 Å². The summed E-state index contributed by atoms with van der Waals surface area (Å²) in [5.41, 5.74) is 5.84. The number of oxazole rings is 2. The zero-order valence-electron chi connectivity index (χ0n) is 36.8. The van der Waals surface area contributed by atoms with E-state index >= 15 is 0 Å². The van der Waals surface area contributed by atoms with E-state index in [9.17, 15) is 14.7 Å². The van der Waals surface area contributed by atoms with Gasteiger partial charge in [0, 0.05) is 61.6 Å². The third-order valence-electron chi connectivity index (χ3n) is 10.0. The molecule has 8 rings (SSSR count). The zero-order chi connectivity index (χ0) is 46.1. The lowest BCUT2D eigenvalue weighted by Gasteiger charge is -2.20. The minimum absolute atomic E-state index is 0.0947. The van der Waals surface area contributed by atoms with Crippen LogP contribution in [0.2, 0.25) is 0 Å². The summed E-state index contributed by atoms with van der Waals surface area (Å²) < 4.78 is 33.5. The van der Waals surface area contributed by atoms with Gasteiger partial charge >= 0.3 is 11.9 Å². The van der Waals surface area contributed by atoms with Gasteiger partial charge in [-0.2, -0.15) is 0 Å². The van der Waals surface area contributed by atoms with Gasteiger partial charge in [-0.15, -0.1) is 0 Å². The number of hydrogen-bond donors (Lipinski definition) is 1. The summed E-state index contributed by atoms with van der Waals surface area (Å²) >= 11 is 0. The number of pyridine rings is 2. The number of esters is 1. The number of methoxy groups -OCH3 is 1. The molecule has 66 heavy (non-hydrogen) atoms. The smallest absolute Gasteiger partial charge is 0.339 e. The fraction of sp³-hybridized carbons (Fsp3) is 0.192. The molecule has 0 atom stereocenters. The lowest BCUT2D eigenvalue weighted by Crippen LogP contribution is -2.29. The summed E-state index contributed by atoms with van der Waals surface area (Å²) in [5, 5.41) is 9.46. The van der Waals surface area contributed by atoms with Crippen molar-refractivity contribution in [2.45, 2.75) is 39.8 Å². The highest BCUT2D eigenvalue weighted by atomic mass is 16.5. The first-order valence-corrected chi connectivity index (χ1v) is 21.2. The van der Waals surface area contributed by atoms with E-state index in [1.165, 1.54) is 13.3 Å². The van der Waals surface area contributed by atoms with Crippen molar-refractivity contribution in [1.82, 2.24) is 24.8 Å². The van der Waals surface area contributed by atoms with Gasteiger partial charge in [0.15, 0.2) is 0 Å². The molecule has 0 saturated carbocycles. The van der Waals surface area contributed by atoms with Gasteiger partial charge in [0.25, 0.3) is 0 Å². The number of aromatic nitrogens is 4. The molecule has 336 valence electrons. The van der Waals surface area contributed by atoms with Gasteiger partial charge in [0.2, 0.25) is 23.5 Å². The molecule has 0 saturated heterocycles. The van der Waals surface area contributed by atoms with E-state index in [2.05, 4.69) is 24.7 Å². The lowest BCUT2D eigenvalue weighted by molar-refractivity contribution is -0.138. The highest BCUT2D eigenvalue weighted by molar-refractivity contribution is 5.88. The monoisotopic (exact) mass is 887 g/mol. The first-order chi connectivity index (χ1) is 32.2. The second kappa shape index (κ2) is 23.0. The van der Waals surface area contributed by atoms with Crippen LogP contribution in [0.25, 0.3) is 22.9 Å². The standard InChI is InChI=1S/C33H31N3O5.C19H18N2O4/c1-24-30(35-33(40-24)27-8-4-2-5-9-27)18-19-39-31-17-14-26(20-34-31)22-36(23-32(37)38)21-25-12-15-29(16-13-25)41-28-10-6-3-7-11-28;1-13-16(21-18(25-13)14-6-4-3-5-7-14)10-11-24-17-9-8-15(12-20-17)19(22)23-2/h2-17,20H,18-19,21-23H2,1H3,(H,37,38);3-9,12H,10-11H2,1-2H3. The largest absolute Gasteiger partial charge is 0.480 e. The molecule has 0 bridgehead atoms. The van der Waals surface area contributed by atoms with Crippen molar-refractivity contribution < 1.29 is 42.5 Å². The number of carboxylic acid groups (broad SMARTS) is 1. The Labute approximate surface area is 382 Å². The number of carbonyl (C=O) groups excluding carboxylic acids is 1. The molecule has 0 unspecified atom stereocenters. The molecule has 4 aromatic carbocycles. The molecule has 4 aromatic heterocycles. The van der Waals surface area contributed by atoms with Crippen molar-refractivity contribution in [2.24, 2.45) is 0 Å². The Morgan fingerprint density at radius 2 is 1.08 bits per heavy atom. The summed E-state index contributed by atoms with van der Waals surface area (Å²) in [6.07, 6.45) is 4.33. The number of para-hydroxylation sites is 1. The minimum atomic E-state index is -0.888. The SMILES string of the molecule is COC(=O)c1ccc(OCCc2nc(-c3ccccc3)oc2C)nc1.Cc1oc(-c2ccccc2)nc1CCOc1ccc(CN(CC(=O)O)Cc2ccc(Oc3ccccc3)cc2)cn1. The van der Waals surface area contributed by atoms with Crippen LogP contribution in [-0.2, 0) is 35.5 Å². The third-order valence-corrected chi connectivity index (χ3v) is 10.0. The number of carbonyl (C=O) groups is 2. The van der Waals surface area contributed by atoms with Crippen LogP contribution in [0, 0.1) is 13.8 Å². The molecule has 0 aliphatic rings. The van der Waals surface area contributed by atoms with Gasteiger partial charge in [-0.05, 0) is 79.6 Å². The quantitative estimate of drug-likeness (QED) is 0.0760. The van der Waals surface area contributed by atoms with Gasteiger partial charge < -0.3 is 32.9 Å². The number of aliphatic carboxylic acids is 1. The number of aryl methyl sites for hydroxylation is 2. The molecule has 8 aromatic rings. The van der Waals surface area contributed by atoms with E-state index in [1.54, 1.807) is 24.4 Å². The molecule has 0 amide bonds. The van der Waals surface area contributed by atoms with Crippen LogP contribution >= 0.6 is 0 Å². The summed E-state index contributed by atoms with van der Waals surface area (Å²) in [4.78, 5) is 42.4. The molecule has 0 aliphatic heterocycles. The predicted molar refractivity (Wildman–Crippen MR) is 246 cm³/mol. The van der Waals surface area contributed by atoms with Gasteiger partial charge in [-0.1, -0.05) is 72.8 Å². The molecule has 1 N–H and O–H groups in total. The molecule has 0 spiro atoms. The maximum absolute atomic E-state index is 11.5. The lowest BCUT2D eigenvalue weighted by atomic mass is 10.2. The first kappa shape index (κ1) is 45.9. The maximum atomic E-state index is 11.5. The van der Waals surface area contributed by atoms with Crippen LogP contribution in [0.15, 0.2) is 161 Å². The van der Waals surface area contributed by atoms with Crippen molar-refractivity contribution in [1.29, 1.82) is 0 Å². The molecule has 4 heterocycles. The summed E-state index contributed by atoms with van der Waals surface area (Å²) in [5.74, 6) is 3.86. The topological polar surface area (TPSA) is 172 Å². The molecule has 14 nitrogen and oxygen atoms in total. The maximum Gasteiger partial charge on any atom is 0.339 e. The van der Waals surface area contributed by atoms with E-state index in [-0.39, 0.29) is 6.54 Å². The molecule has 0 aliphatic carbocycles. The van der Waals surface area contributed by atoms with Crippen molar-refractivity contribution in [3.8, 4) is 46.2 Å². The summed E-state index contributed by atoms with van der Waals surface area (Å²) in [6, 6.07) is 43.7. The Morgan fingerprint density at radius 1 is 0.591 bits per heavy atom. The summed E-state index contributed by atoms with van der Waals surface area (Å²) in [6.45, 7) is 5.41. The average molecular weight is 888 g/mol. The van der Waals surface area contributed by atoms with Crippen LogP contribution in [-0.4, -0.2) is 68.7 Å². The van der Waals surface area contributed by atoms with Crippen molar-refractivity contribution in [2.75, 3.05) is 26.9 Å². The van der Waals surface area contributed by atoms with Gasteiger partial charge in [-0.25, -0.2) is 24.7 Å². The van der Waals surface area contributed by atoms with Crippen molar-refractivity contribution >= 4 is 11.9 Å². The number of rotatable bonds is 19. The number of benzene rings is 4. The first-order valence-electron chi connectivity index (χ1n) is 21.2. The molecular formula is C52H49N5O9. The van der Waals surface area contributed by atoms with Crippen LogP contribution in [0.3, 0.4) is 0 Å². The zero-order valence-corrected chi connectivity index (χ0v) is 36.8. The number of carboxylic acids is 1. The van der Waals surface area contributed by atoms with Gasteiger partial charge in [0.05, 0.1) is 43.8 Å². The summed E-state index contributed by atoms with van der Waals surface area (Å²) in [7, 11) is 1.33.